The first-order valence-electron chi connectivity index (χ1n) is 1.02. The Balaban J connectivity index is -0.0000000200. The van der Waals surface area contributed by atoms with Crippen molar-refractivity contribution >= 4 is 17.0 Å². The molecular formula is C2H7BrOTi. The normalized spacial score (nSPS) is 3.60. The molecule has 1 nitrogen and oxygen atoms in total. The van der Waals surface area contributed by atoms with Gasteiger partial charge in [-0.05, 0) is 6.92 Å². The number of aliphatic hydroxyl groups is 1. The van der Waals surface area contributed by atoms with Crippen molar-refractivity contribution in [3.05, 3.63) is 0 Å². The molecule has 0 aliphatic carbocycles. The van der Waals surface area contributed by atoms with Gasteiger partial charge in [-0.15, -0.1) is 17.0 Å². The maximum absolute atomic E-state index is 7.57. The van der Waals surface area contributed by atoms with Crippen LogP contribution in [0.1, 0.15) is 6.92 Å². The molecule has 0 aromatic carbocycles. The summed E-state index contributed by atoms with van der Waals surface area (Å²) in [6, 6.07) is 0. The molecule has 0 atom stereocenters. The zero-order valence-electron chi connectivity index (χ0n) is 3.06. The van der Waals surface area contributed by atoms with Gasteiger partial charge in [0.15, 0.2) is 0 Å². The molecular weight excluding hydrogens is 168 g/mol. The van der Waals surface area contributed by atoms with E-state index in [0.29, 0.717) is 0 Å². The number of hydrogen-bond acceptors (Lipinski definition) is 1. The minimum atomic E-state index is 0. The van der Waals surface area contributed by atoms with Crippen LogP contribution in [0.3, 0.4) is 0 Å². The van der Waals surface area contributed by atoms with Crippen molar-refractivity contribution in [1.82, 2.24) is 0 Å². The van der Waals surface area contributed by atoms with Gasteiger partial charge in [-0.1, -0.05) is 0 Å². The first kappa shape index (κ1) is 16.4. The zero-order valence-corrected chi connectivity index (χ0v) is 6.34. The summed E-state index contributed by atoms with van der Waals surface area (Å²) >= 11 is 0. The Kier molecular flexibility index (Phi) is 63.0. The first-order valence-corrected chi connectivity index (χ1v) is 1.02. The Bertz CT molecular complexity index is 9.61. The van der Waals surface area contributed by atoms with Gasteiger partial charge in [0, 0.05) is 28.3 Å². The third-order valence-corrected chi connectivity index (χ3v) is 0. The summed E-state index contributed by atoms with van der Waals surface area (Å²) in [6.45, 7) is 1.93. The van der Waals surface area contributed by atoms with E-state index in [1.54, 1.807) is 6.92 Å². The molecule has 1 N–H and O–H groups in total. The van der Waals surface area contributed by atoms with Gasteiger partial charge < -0.3 is 5.11 Å². The van der Waals surface area contributed by atoms with Gasteiger partial charge in [0.05, 0.1) is 0 Å². The van der Waals surface area contributed by atoms with E-state index in [1.807, 2.05) is 0 Å². The Labute approximate surface area is 57.4 Å². The molecule has 0 aliphatic rings. The van der Waals surface area contributed by atoms with Crippen LogP contribution in [0.2, 0.25) is 0 Å². The van der Waals surface area contributed by atoms with Crippen LogP contribution in [-0.4, -0.2) is 11.7 Å². The van der Waals surface area contributed by atoms with Gasteiger partial charge in [-0.2, -0.15) is 0 Å². The number of hydrogen-bond donors (Lipinski definition) is 1. The van der Waals surface area contributed by atoms with E-state index in [1.165, 1.54) is 0 Å². The summed E-state index contributed by atoms with van der Waals surface area (Å²) in [5, 5.41) is 7.57. The molecule has 0 rings (SSSR count). The van der Waals surface area contributed by atoms with Crippen LogP contribution in [-0.2, 0) is 21.7 Å². The van der Waals surface area contributed by atoms with Crippen LogP contribution >= 0.6 is 17.0 Å². The van der Waals surface area contributed by atoms with E-state index >= 15 is 0 Å². The quantitative estimate of drug-likeness (QED) is 0.533. The third kappa shape index (κ3) is 38.5. The Morgan fingerprint density at radius 2 is 1.60 bits per heavy atom. The molecule has 0 saturated heterocycles. The van der Waals surface area contributed by atoms with Gasteiger partial charge in [-0.25, -0.2) is 0 Å². The SMILES string of the molecule is Br.CCO.[Ti]. The van der Waals surface area contributed by atoms with Gasteiger partial charge in [0.2, 0.25) is 0 Å². The van der Waals surface area contributed by atoms with Gasteiger partial charge >= 0.3 is 0 Å². The summed E-state index contributed by atoms with van der Waals surface area (Å²) in [4.78, 5) is 0. The van der Waals surface area contributed by atoms with Crippen molar-refractivity contribution in [3.8, 4) is 0 Å². The van der Waals surface area contributed by atoms with E-state index in [-0.39, 0.29) is 45.3 Å². The minimum Gasteiger partial charge on any atom is -0.397 e. The summed E-state index contributed by atoms with van der Waals surface area (Å²) in [7, 11) is 0. The first-order chi connectivity index (χ1) is 1.41. The smallest absolute Gasteiger partial charge is 0.0402 e. The van der Waals surface area contributed by atoms with E-state index in [2.05, 4.69) is 0 Å². The van der Waals surface area contributed by atoms with Gasteiger partial charge in [0.25, 0.3) is 0 Å². The molecule has 0 heterocycles. The summed E-state index contributed by atoms with van der Waals surface area (Å²) < 4.78 is 0. The predicted molar refractivity (Wildman–Crippen MR) is 23.1 cm³/mol. The molecule has 5 heavy (non-hydrogen) atoms. The van der Waals surface area contributed by atoms with Gasteiger partial charge in [-0.3, -0.25) is 0 Å². The second-order valence-corrected chi connectivity index (χ2v) is 0.316. The molecule has 0 spiro atoms. The zero-order chi connectivity index (χ0) is 2.71. The molecule has 0 fully saturated rings. The average Bonchev–Trinajstić information content (AvgIpc) is 0.918. The fourth-order valence-electron chi connectivity index (χ4n) is 0. The number of rotatable bonds is 0. The van der Waals surface area contributed by atoms with E-state index in [0.717, 1.165) is 0 Å². The second-order valence-electron chi connectivity index (χ2n) is 0.316. The molecule has 0 aromatic heterocycles. The van der Waals surface area contributed by atoms with Crippen LogP contribution in [0.5, 0.6) is 0 Å². The molecule has 32 valence electrons. The van der Waals surface area contributed by atoms with Gasteiger partial charge in [0.1, 0.15) is 0 Å². The van der Waals surface area contributed by atoms with Crippen LogP contribution in [0.15, 0.2) is 0 Å². The Morgan fingerprint density at radius 3 is 1.60 bits per heavy atom. The Morgan fingerprint density at radius 1 is 1.60 bits per heavy atom. The number of halogens is 1. The summed E-state index contributed by atoms with van der Waals surface area (Å²) in [5.74, 6) is 0. The minimum absolute atomic E-state index is 0. The molecule has 0 amide bonds. The molecule has 0 saturated carbocycles. The van der Waals surface area contributed by atoms with Crippen molar-refractivity contribution in [2.24, 2.45) is 0 Å². The van der Waals surface area contributed by atoms with E-state index < -0.39 is 0 Å². The van der Waals surface area contributed by atoms with Crippen LogP contribution < -0.4 is 0 Å². The fourth-order valence-corrected chi connectivity index (χ4v) is 0. The van der Waals surface area contributed by atoms with E-state index in [9.17, 15) is 0 Å². The average molecular weight is 175 g/mol. The van der Waals surface area contributed by atoms with Crippen molar-refractivity contribution < 1.29 is 26.8 Å². The summed E-state index contributed by atoms with van der Waals surface area (Å²) in [5.41, 5.74) is 0. The molecule has 0 unspecified atom stereocenters. The molecule has 0 radical (unpaired) electrons. The molecule has 0 bridgehead atoms. The Hall–Kier alpha value is 1.15. The van der Waals surface area contributed by atoms with Crippen molar-refractivity contribution in [3.63, 3.8) is 0 Å². The third-order valence-electron chi connectivity index (χ3n) is 0. The fraction of sp³-hybridized carbons (Fsp3) is 1.00. The largest absolute Gasteiger partial charge is 0.397 e. The van der Waals surface area contributed by atoms with Crippen LogP contribution in [0, 0.1) is 0 Å². The topological polar surface area (TPSA) is 20.2 Å². The molecule has 0 aliphatic heterocycles. The summed E-state index contributed by atoms with van der Waals surface area (Å²) in [6.07, 6.45) is 0. The predicted octanol–water partition coefficient (Wildman–Crippen LogP) is 0.574. The monoisotopic (exact) mass is 174 g/mol. The molecule has 0 aromatic rings. The maximum atomic E-state index is 7.57. The van der Waals surface area contributed by atoms with Crippen molar-refractivity contribution in [2.75, 3.05) is 6.61 Å². The molecule has 3 heteroatoms. The van der Waals surface area contributed by atoms with Crippen molar-refractivity contribution in [1.29, 1.82) is 0 Å². The standard InChI is InChI=1S/C2H6O.BrH.Ti/c1-2-3;;/h3H,2H2,1H3;1H;. The maximum Gasteiger partial charge on any atom is 0.0402 e. The number of aliphatic hydroxyl groups excluding tert-OH is 1. The van der Waals surface area contributed by atoms with Crippen LogP contribution in [0.4, 0.5) is 0 Å². The van der Waals surface area contributed by atoms with Crippen molar-refractivity contribution in [2.45, 2.75) is 6.92 Å². The van der Waals surface area contributed by atoms with E-state index in [4.69, 9.17) is 5.11 Å². The van der Waals surface area contributed by atoms with Crippen LogP contribution in [0.25, 0.3) is 0 Å². The second kappa shape index (κ2) is 19.2.